The van der Waals surface area contributed by atoms with E-state index < -0.39 is 0 Å². The Balaban J connectivity index is 0.000000115. The van der Waals surface area contributed by atoms with Crippen molar-refractivity contribution in [2.45, 2.75) is 221 Å². The molecule has 16 heteroatoms. The first kappa shape index (κ1) is 91.8. The standard InChI is InChI=1S/C26H27NO2.C23H27NO3.C23H27NO.C22H31NO3.C21H23NO2/c1-26(17-21-10-7-9-19-8-3-4-11-22(19)21)18-29-24-16-20(12-13-23(24)26)25(28)27-14-5-2-6-15-27;1-26-16-23(15-18-8-4-2-5-9-18)17-27-21-14-19(10-11-20(21)23)22(25)24-12-6-3-7-13-24;1-23(17-18-8-4-2-5-9-18)13-12-19-16-20(10-11-21(19)23)22(25)24-14-6-3-7-15-24;1-22(15-25-18-8-4-2-5-9-18)16-26-20-14-17(10-11-19(20)22)21(24)23-12-6-3-7-13-23;23-21(22-11-5-2-6-12-22)17-9-10-19-18(15-24-20(19)14-17)13-16-7-3-1-4-8-16/h3-4,7-13,16H,2,5-6,14-15,17-18H2,1H3;2,4-5,8-11,14H,3,6-7,12-13,15-17H2,1H3;2,4-5,8-11,16H,3,6-7,12-15,17H2,1H3;10-11,14,18H,2-9,12-13,15-16H2,1H3;1,3-4,7-10,14,18H,2,5-6,11-13,15H2. The maximum Gasteiger partial charge on any atom is 0.253 e. The van der Waals surface area contributed by atoms with E-state index in [1.54, 1.807) is 7.11 Å². The molecule has 0 radical (unpaired) electrons. The zero-order valence-electron chi connectivity index (χ0n) is 77.9. The summed E-state index contributed by atoms with van der Waals surface area (Å²) in [4.78, 5) is 73.8. The van der Waals surface area contributed by atoms with Gasteiger partial charge in [-0.3, -0.25) is 24.0 Å². The molecule has 0 N–H and O–H groups in total. The first-order valence-electron chi connectivity index (χ1n) is 49.4. The number of hydrogen-bond acceptors (Lipinski definition) is 11. The minimum Gasteiger partial charge on any atom is -0.493 e. The molecule has 5 atom stereocenters. The van der Waals surface area contributed by atoms with E-state index in [1.807, 2.05) is 85.2 Å². The molecule has 131 heavy (non-hydrogen) atoms. The fraction of sp³-hybridized carbons (Fsp3) is 0.452. The fourth-order valence-electron chi connectivity index (χ4n) is 22.1. The van der Waals surface area contributed by atoms with Gasteiger partial charge in [-0.2, -0.15) is 0 Å². The van der Waals surface area contributed by atoms with Crippen LogP contribution < -0.4 is 18.9 Å². The van der Waals surface area contributed by atoms with Crippen LogP contribution in [0.2, 0.25) is 0 Å². The Morgan fingerprint density at radius 1 is 0.351 bits per heavy atom. The molecule has 5 saturated heterocycles. The number of nitrogens with zero attached hydrogens (tertiary/aromatic N) is 5. The van der Waals surface area contributed by atoms with Crippen LogP contribution in [0.3, 0.4) is 0 Å². The minimum atomic E-state index is -0.210. The van der Waals surface area contributed by atoms with E-state index in [4.69, 9.17) is 28.4 Å². The fourth-order valence-corrected chi connectivity index (χ4v) is 22.1. The SMILES string of the molecule is CC1(COC2CCCCC2)COc2cc(C(=O)N3CCCCC3)ccc21.CC1(Cc2cccc3ccccc23)COc2cc(C(=O)N3CCCCC3)ccc21.CC1(Cc2ccccc2)CCc2cc(C(=O)N3CCCCC3)ccc21.COCC1(Cc2ccccc2)COc2cc(C(=O)N3CCCCC3)ccc21.O=C(c1ccc2c(c1)OCC2Cc1ccccc1)N1CCCCC1. The average Bonchev–Trinajstić information content (AvgIpc) is 1.66. The highest BCUT2D eigenvalue weighted by molar-refractivity contribution is 5.98. The summed E-state index contributed by atoms with van der Waals surface area (Å²) in [6.45, 7) is 19.5. The molecule has 16 nitrogen and oxygen atoms in total. The number of carbonyl (C=O) groups is 5. The molecule has 0 bridgehead atoms. The second-order valence-electron chi connectivity index (χ2n) is 39.7. The van der Waals surface area contributed by atoms with Gasteiger partial charge in [0.2, 0.25) is 0 Å². The molecule has 686 valence electrons. The van der Waals surface area contributed by atoms with Crippen molar-refractivity contribution in [1.29, 1.82) is 0 Å². The van der Waals surface area contributed by atoms with E-state index in [2.05, 4.69) is 185 Å². The van der Waals surface area contributed by atoms with Crippen molar-refractivity contribution in [3.05, 3.63) is 308 Å². The molecular weight excluding hydrogens is 1630 g/mol. The molecule has 9 heterocycles. The van der Waals surface area contributed by atoms with Gasteiger partial charge in [0, 0.05) is 134 Å². The maximum atomic E-state index is 12.9. The molecule has 6 fully saturated rings. The summed E-state index contributed by atoms with van der Waals surface area (Å²) in [5, 5.41) is 2.58. The molecule has 5 unspecified atom stereocenters. The minimum absolute atomic E-state index is 0.0911. The largest absolute Gasteiger partial charge is 0.493 e. The molecule has 21 rings (SSSR count). The molecule has 11 aliphatic rings. The lowest BCUT2D eigenvalue weighted by Gasteiger charge is -2.28. The van der Waals surface area contributed by atoms with E-state index in [9.17, 15) is 24.0 Å². The van der Waals surface area contributed by atoms with Gasteiger partial charge in [0.15, 0.2) is 0 Å². The first-order chi connectivity index (χ1) is 64.0. The Bertz CT molecular complexity index is 5570. The van der Waals surface area contributed by atoms with Gasteiger partial charge in [-0.1, -0.05) is 197 Å². The molecular formula is C115H135N5O11. The number of ether oxygens (including phenoxy) is 6. The second-order valence-corrected chi connectivity index (χ2v) is 39.7. The number of likely N-dealkylation sites (tertiary alicyclic amines) is 5. The van der Waals surface area contributed by atoms with Gasteiger partial charge < -0.3 is 52.9 Å². The third-order valence-electron chi connectivity index (χ3n) is 29.7. The van der Waals surface area contributed by atoms with Gasteiger partial charge in [-0.15, -0.1) is 0 Å². The van der Waals surface area contributed by atoms with Crippen molar-refractivity contribution < 1.29 is 52.4 Å². The number of methoxy groups -OCH3 is 1. The molecule has 0 aromatic heterocycles. The summed E-state index contributed by atoms with van der Waals surface area (Å²) < 4.78 is 35.9. The molecule has 1 saturated carbocycles. The Morgan fingerprint density at radius 3 is 1.27 bits per heavy atom. The lowest BCUT2D eigenvalue weighted by atomic mass is 9.77. The van der Waals surface area contributed by atoms with Gasteiger partial charge >= 0.3 is 0 Å². The van der Waals surface area contributed by atoms with Gasteiger partial charge in [-0.25, -0.2) is 0 Å². The first-order valence-corrected chi connectivity index (χ1v) is 49.4. The van der Waals surface area contributed by atoms with Crippen molar-refractivity contribution in [2.75, 3.05) is 112 Å². The Hall–Kier alpha value is -11.1. The van der Waals surface area contributed by atoms with Gasteiger partial charge in [0.1, 0.15) is 29.6 Å². The van der Waals surface area contributed by atoms with Crippen molar-refractivity contribution in [3.63, 3.8) is 0 Å². The van der Waals surface area contributed by atoms with Crippen LogP contribution in [0.15, 0.2) is 224 Å². The lowest BCUT2D eigenvalue weighted by Crippen LogP contribution is -2.36. The van der Waals surface area contributed by atoms with Crippen molar-refractivity contribution in [2.24, 2.45) is 0 Å². The molecule has 10 aromatic carbocycles. The number of aryl methyl sites for hydroxylation is 1. The summed E-state index contributed by atoms with van der Waals surface area (Å²) in [6.07, 6.45) is 30.1. The molecule has 2 aliphatic carbocycles. The van der Waals surface area contributed by atoms with Crippen LogP contribution in [-0.4, -0.2) is 172 Å². The lowest BCUT2D eigenvalue weighted by molar-refractivity contribution is -0.00239. The number of hydrogen-bond donors (Lipinski definition) is 0. The highest BCUT2D eigenvalue weighted by Crippen LogP contribution is 2.47. The van der Waals surface area contributed by atoms with Crippen LogP contribution in [0.4, 0.5) is 0 Å². The summed E-state index contributed by atoms with van der Waals surface area (Å²) in [7, 11) is 1.74. The zero-order valence-corrected chi connectivity index (χ0v) is 77.9. The highest BCUT2D eigenvalue weighted by atomic mass is 16.5. The van der Waals surface area contributed by atoms with Crippen molar-refractivity contribution >= 4 is 40.3 Å². The molecule has 5 amide bonds. The third-order valence-corrected chi connectivity index (χ3v) is 29.7. The van der Waals surface area contributed by atoms with Crippen molar-refractivity contribution in [3.8, 4) is 23.0 Å². The van der Waals surface area contributed by atoms with Crippen LogP contribution >= 0.6 is 0 Å². The van der Waals surface area contributed by atoms with E-state index >= 15 is 0 Å². The molecule has 9 aliphatic heterocycles. The number of benzene rings is 10. The molecule has 0 spiro atoms. The van der Waals surface area contributed by atoms with Crippen LogP contribution in [0.25, 0.3) is 10.8 Å². The predicted octanol–water partition coefficient (Wildman–Crippen LogP) is 22.3. The number of carbonyl (C=O) groups excluding carboxylic acids is 5. The normalized spacial score (nSPS) is 22.3. The monoisotopic (exact) mass is 1760 g/mol. The summed E-state index contributed by atoms with van der Waals surface area (Å²) >= 11 is 0. The number of amides is 5. The Kier molecular flexibility index (Phi) is 29.9. The second kappa shape index (κ2) is 42.6. The van der Waals surface area contributed by atoms with Crippen LogP contribution in [0.5, 0.6) is 23.0 Å². The summed E-state index contributed by atoms with van der Waals surface area (Å²) in [5.41, 5.74) is 16.5. The van der Waals surface area contributed by atoms with Crippen LogP contribution in [0, 0.1) is 0 Å². The topological polar surface area (TPSA) is 157 Å². The van der Waals surface area contributed by atoms with Crippen molar-refractivity contribution in [1.82, 2.24) is 24.5 Å². The van der Waals surface area contributed by atoms with Crippen LogP contribution in [0.1, 0.15) is 269 Å². The van der Waals surface area contributed by atoms with E-state index in [0.29, 0.717) is 51.7 Å². The van der Waals surface area contributed by atoms with E-state index in [1.165, 1.54) is 131 Å². The van der Waals surface area contributed by atoms with Gasteiger partial charge in [-0.05, 0) is 265 Å². The van der Waals surface area contributed by atoms with E-state index in [0.717, 1.165) is 218 Å². The number of rotatable bonds is 18. The third kappa shape index (κ3) is 21.8. The average molecular weight is 1760 g/mol. The number of fused-ring (bicyclic) bond motifs is 6. The van der Waals surface area contributed by atoms with E-state index in [-0.39, 0.29) is 51.2 Å². The van der Waals surface area contributed by atoms with Crippen LogP contribution in [-0.2, 0) is 63.2 Å². The Labute approximate surface area is 777 Å². The zero-order chi connectivity index (χ0) is 90.2. The predicted molar refractivity (Wildman–Crippen MR) is 521 cm³/mol. The highest BCUT2D eigenvalue weighted by Gasteiger charge is 2.44. The van der Waals surface area contributed by atoms with Gasteiger partial charge in [0.25, 0.3) is 29.5 Å². The smallest absolute Gasteiger partial charge is 0.253 e. The Morgan fingerprint density at radius 2 is 0.756 bits per heavy atom. The summed E-state index contributed by atoms with van der Waals surface area (Å²) in [5.74, 6) is 4.59. The quantitative estimate of drug-likeness (QED) is 0.0805. The summed E-state index contributed by atoms with van der Waals surface area (Å²) in [6, 6.07) is 77.3. The number of piperidine rings is 5. The maximum absolute atomic E-state index is 12.9. The molecule has 10 aromatic rings. The van der Waals surface area contributed by atoms with Gasteiger partial charge in [0.05, 0.1) is 50.0 Å².